The SMILES string of the molecule is O=C(NCc1nc(-c2ncccn2)no1)N1CCC(Cc2cccnc2)CC1. The van der Waals surface area contributed by atoms with Gasteiger partial charge in [-0.25, -0.2) is 14.8 Å². The van der Waals surface area contributed by atoms with Crippen molar-refractivity contribution >= 4 is 6.03 Å². The summed E-state index contributed by atoms with van der Waals surface area (Å²) < 4.78 is 5.16. The zero-order valence-corrected chi connectivity index (χ0v) is 15.4. The first kappa shape index (κ1) is 18.0. The predicted octanol–water partition coefficient (Wildman–Crippen LogP) is 2.09. The van der Waals surface area contributed by atoms with Crippen molar-refractivity contribution < 1.29 is 9.32 Å². The Bertz CT molecular complexity index is 893. The molecule has 2 amide bonds. The van der Waals surface area contributed by atoms with Crippen molar-refractivity contribution in [3.63, 3.8) is 0 Å². The monoisotopic (exact) mass is 379 g/mol. The zero-order chi connectivity index (χ0) is 19.2. The van der Waals surface area contributed by atoms with E-state index in [0.29, 0.717) is 23.5 Å². The molecular formula is C19H21N7O2. The molecule has 0 spiro atoms. The maximum absolute atomic E-state index is 12.4. The largest absolute Gasteiger partial charge is 0.337 e. The van der Waals surface area contributed by atoms with Crippen molar-refractivity contribution in [3.05, 3.63) is 54.4 Å². The summed E-state index contributed by atoms with van der Waals surface area (Å²) in [5.74, 6) is 1.60. The number of carbonyl (C=O) groups excluding carboxylic acids is 1. The minimum Gasteiger partial charge on any atom is -0.337 e. The number of likely N-dealkylation sites (tertiary alicyclic amines) is 1. The fourth-order valence-corrected chi connectivity index (χ4v) is 3.29. The van der Waals surface area contributed by atoms with Crippen molar-refractivity contribution in [3.8, 4) is 11.6 Å². The molecule has 0 saturated carbocycles. The van der Waals surface area contributed by atoms with Gasteiger partial charge in [0.15, 0.2) is 0 Å². The maximum atomic E-state index is 12.4. The maximum Gasteiger partial charge on any atom is 0.317 e. The number of nitrogens with one attached hydrogen (secondary N) is 1. The molecule has 1 aliphatic heterocycles. The highest BCUT2D eigenvalue weighted by molar-refractivity contribution is 5.74. The quantitative estimate of drug-likeness (QED) is 0.723. The van der Waals surface area contributed by atoms with E-state index >= 15 is 0 Å². The molecular weight excluding hydrogens is 358 g/mol. The number of carbonyl (C=O) groups is 1. The Morgan fingerprint density at radius 3 is 2.71 bits per heavy atom. The van der Waals surface area contributed by atoms with Crippen LogP contribution < -0.4 is 5.32 Å². The third kappa shape index (κ3) is 4.48. The molecule has 1 saturated heterocycles. The molecule has 9 heteroatoms. The molecule has 0 aromatic carbocycles. The minimum absolute atomic E-state index is 0.115. The van der Waals surface area contributed by atoms with E-state index in [9.17, 15) is 4.79 Å². The molecule has 3 aromatic heterocycles. The lowest BCUT2D eigenvalue weighted by Gasteiger charge is -2.31. The van der Waals surface area contributed by atoms with Gasteiger partial charge in [0, 0.05) is 37.9 Å². The van der Waals surface area contributed by atoms with Gasteiger partial charge in [0.25, 0.3) is 0 Å². The molecule has 1 fully saturated rings. The Balaban J connectivity index is 1.23. The van der Waals surface area contributed by atoms with E-state index in [4.69, 9.17) is 4.52 Å². The van der Waals surface area contributed by atoms with E-state index < -0.39 is 0 Å². The van der Waals surface area contributed by atoms with Crippen molar-refractivity contribution in [1.29, 1.82) is 0 Å². The molecule has 0 unspecified atom stereocenters. The normalized spacial score (nSPS) is 14.8. The molecule has 3 aromatic rings. The topological polar surface area (TPSA) is 110 Å². The molecule has 0 aliphatic carbocycles. The second kappa shape index (κ2) is 8.55. The lowest BCUT2D eigenvalue weighted by molar-refractivity contribution is 0.168. The van der Waals surface area contributed by atoms with Crippen molar-refractivity contribution in [1.82, 2.24) is 35.3 Å². The summed E-state index contributed by atoms with van der Waals surface area (Å²) in [5, 5.41) is 6.68. The predicted molar refractivity (Wildman–Crippen MR) is 99.8 cm³/mol. The van der Waals surface area contributed by atoms with Gasteiger partial charge < -0.3 is 14.7 Å². The summed E-state index contributed by atoms with van der Waals surface area (Å²) in [7, 11) is 0. The fourth-order valence-electron chi connectivity index (χ4n) is 3.29. The molecule has 0 radical (unpaired) electrons. The average molecular weight is 379 g/mol. The molecule has 144 valence electrons. The van der Waals surface area contributed by atoms with Crippen molar-refractivity contribution in [2.24, 2.45) is 5.92 Å². The summed E-state index contributed by atoms with van der Waals surface area (Å²) in [4.78, 5) is 30.8. The van der Waals surface area contributed by atoms with E-state index in [2.05, 4.69) is 36.5 Å². The van der Waals surface area contributed by atoms with Gasteiger partial charge in [0.05, 0.1) is 6.54 Å². The van der Waals surface area contributed by atoms with Crippen LogP contribution in [0.15, 0.2) is 47.5 Å². The Kier molecular flexibility index (Phi) is 5.51. The fraction of sp³-hybridized carbons (Fsp3) is 0.368. The third-order valence-electron chi connectivity index (χ3n) is 4.77. The van der Waals surface area contributed by atoms with Gasteiger partial charge in [-0.2, -0.15) is 4.98 Å². The van der Waals surface area contributed by atoms with E-state index in [1.165, 1.54) is 5.56 Å². The Hall–Kier alpha value is -3.36. The molecule has 4 heterocycles. The summed E-state index contributed by atoms with van der Waals surface area (Å²) in [6, 6.07) is 5.66. The number of amides is 2. The first-order valence-electron chi connectivity index (χ1n) is 9.29. The second-order valence-electron chi connectivity index (χ2n) is 6.74. The lowest BCUT2D eigenvalue weighted by atomic mass is 9.91. The standard InChI is InChI=1S/C19H21N7O2/c27-19(23-13-16-24-18(25-28-16)17-21-7-2-8-22-17)26-9-4-14(5-10-26)11-15-3-1-6-20-12-15/h1-3,6-8,12,14H,4-5,9-11,13H2,(H,23,27). The highest BCUT2D eigenvalue weighted by Crippen LogP contribution is 2.21. The number of urea groups is 1. The highest BCUT2D eigenvalue weighted by Gasteiger charge is 2.23. The van der Waals surface area contributed by atoms with E-state index in [0.717, 1.165) is 32.4 Å². The van der Waals surface area contributed by atoms with Crippen molar-refractivity contribution in [2.45, 2.75) is 25.8 Å². The molecule has 28 heavy (non-hydrogen) atoms. The van der Waals surface area contributed by atoms with Gasteiger partial charge in [-0.3, -0.25) is 4.98 Å². The van der Waals surface area contributed by atoms with Crippen LogP contribution in [0.3, 0.4) is 0 Å². The van der Waals surface area contributed by atoms with Crippen molar-refractivity contribution in [2.75, 3.05) is 13.1 Å². The minimum atomic E-state index is -0.115. The number of rotatable bonds is 5. The van der Waals surface area contributed by atoms with Gasteiger partial charge in [-0.15, -0.1) is 0 Å². The van der Waals surface area contributed by atoms with Gasteiger partial charge in [0.1, 0.15) is 0 Å². The highest BCUT2D eigenvalue weighted by atomic mass is 16.5. The summed E-state index contributed by atoms with van der Waals surface area (Å²) in [6.45, 7) is 1.65. The van der Waals surface area contributed by atoms with Crippen LogP contribution in [-0.2, 0) is 13.0 Å². The van der Waals surface area contributed by atoms with Crippen LogP contribution in [0, 0.1) is 5.92 Å². The first-order valence-corrected chi connectivity index (χ1v) is 9.29. The third-order valence-corrected chi connectivity index (χ3v) is 4.77. The van der Waals surface area contributed by atoms with Crippen LogP contribution in [0.1, 0.15) is 24.3 Å². The molecule has 1 aliphatic rings. The summed E-state index contributed by atoms with van der Waals surface area (Å²) >= 11 is 0. The van der Waals surface area contributed by atoms with Crippen LogP contribution in [0.5, 0.6) is 0 Å². The van der Waals surface area contributed by atoms with Crippen LogP contribution in [0.2, 0.25) is 0 Å². The number of piperidine rings is 1. The van der Waals surface area contributed by atoms with Gasteiger partial charge in [0.2, 0.25) is 17.5 Å². The summed E-state index contributed by atoms with van der Waals surface area (Å²) in [6.07, 6.45) is 9.90. The smallest absolute Gasteiger partial charge is 0.317 e. The Morgan fingerprint density at radius 1 is 1.14 bits per heavy atom. The Labute approximate surface area is 162 Å². The van der Waals surface area contributed by atoms with E-state index in [1.807, 2.05) is 17.2 Å². The number of hydrogen-bond acceptors (Lipinski definition) is 7. The molecule has 0 bridgehead atoms. The molecule has 4 rings (SSSR count). The molecule has 0 atom stereocenters. The molecule has 9 nitrogen and oxygen atoms in total. The van der Waals surface area contributed by atoms with Gasteiger partial charge in [-0.1, -0.05) is 11.2 Å². The number of hydrogen-bond donors (Lipinski definition) is 1. The van der Waals surface area contributed by atoms with Gasteiger partial charge in [-0.05, 0) is 42.9 Å². The summed E-state index contributed by atoms with van der Waals surface area (Å²) in [5.41, 5.74) is 1.25. The van der Waals surface area contributed by atoms with Crippen LogP contribution in [0.25, 0.3) is 11.6 Å². The van der Waals surface area contributed by atoms with Crippen LogP contribution in [0.4, 0.5) is 4.79 Å². The van der Waals surface area contributed by atoms with Crippen LogP contribution >= 0.6 is 0 Å². The second-order valence-corrected chi connectivity index (χ2v) is 6.74. The number of aromatic nitrogens is 5. The van der Waals surface area contributed by atoms with Crippen LogP contribution in [-0.4, -0.2) is 49.1 Å². The van der Waals surface area contributed by atoms with E-state index in [-0.39, 0.29) is 12.6 Å². The van der Waals surface area contributed by atoms with Gasteiger partial charge >= 0.3 is 6.03 Å². The first-order chi connectivity index (χ1) is 13.8. The Morgan fingerprint density at radius 2 is 1.96 bits per heavy atom. The number of pyridine rings is 1. The lowest BCUT2D eigenvalue weighted by Crippen LogP contribution is -2.44. The number of nitrogens with zero attached hydrogens (tertiary/aromatic N) is 6. The zero-order valence-electron chi connectivity index (χ0n) is 15.4. The average Bonchev–Trinajstić information content (AvgIpc) is 3.23. The molecule has 1 N–H and O–H groups in total. The van der Waals surface area contributed by atoms with E-state index in [1.54, 1.807) is 24.7 Å².